The molecule has 3 aromatic rings. The zero-order chi connectivity index (χ0) is 17.5. The van der Waals surface area contributed by atoms with Crippen molar-refractivity contribution >= 4 is 23.1 Å². The van der Waals surface area contributed by atoms with Gasteiger partial charge >= 0.3 is 6.03 Å². The van der Waals surface area contributed by atoms with E-state index in [1.165, 1.54) is 0 Å². The number of pyridine rings is 1. The van der Waals surface area contributed by atoms with Crippen molar-refractivity contribution in [2.45, 2.75) is 12.5 Å². The maximum absolute atomic E-state index is 12.1. The van der Waals surface area contributed by atoms with E-state index < -0.39 is 0 Å². The smallest absolute Gasteiger partial charge is 0.319 e. The van der Waals surface area contributed by atoms with Crippen LogP contribution in [0.1, 0.15) is 5.56 Å². The predicted molar refractivity (Wildman–Crippen MR) is 101 cm³/mol. The first kappa shape index (κ1) is 17.1. The number of urea groups is 1. The molecule has 0 aliphatic carbocycles. The number of thiophene rings is 1. The molecule has 1 aromatic carbocycles. The van der Waals surface area contributed by atoms with Gasteiger partial charge in [0.15, 0.2) is 0 Å². The van der Waals surface area contributed by atoms with Crippen molar-refractivity contribution in [3.8, 4) is 11.1 Å². The van der Waals surface area contributed by atoms with Gasteiger partial charge in [-0.05, 0) is 64.2 Å². The van der Waals surface area contributed by atoms with E-state index in [-0.39, 0.29) is 18.7 Å². The SMILES string of the molecule is O=C(Nc1ccc(-c2ccncc2)cc1)N[C@@H](CO)Cc1ccsc1. The van der Waals surface area contributed by atoms with E-state index in [0.717, 1.165) is 16.7 Å². The highest BCUT2D eigenvalue weighted by Gasteiger charge is 2.12. The molecule has 0 saturated carbocycles. The summed E-state index contributed by atoms with van der Waals surface area (Å²) >= 11 is 1.60. The number of benzene rings is 1. The normalized spacial score (nSPS) is 11.7. The van der Waals surface area contributed by atoms with Gasteiger partial charge < -0.3 is 15.7 Å². The van der Waals surface area contributed by atoms with Crippen LogP contribution in [0.25, 0.3) is 11.1 Å². The van der Waals surface area contributed by atoms with Gasteiger partial charge in [-0.25, -0.2) is 4.79 Å². The fourth-order valence-electron chi connectivity index (χ4n) is 2.50. The Balaban J connectivity index is 1.57. The number of carbonyl (C=O) groups is 1. The lowest BCUT2D eigenvalue weighted by atomic mass is 10.1. The van der Waals surface area contributed by atoms with Crippen LogP contribution in [0.3, 0.4) is 0 Å². The molecular formula is C19H19N3O2S. The van der Waals surface area contributed by atoms with Gasteiger partial charge in [-0.1, -0.05) is 12.1 Å². The van der Waals surface area contributed by atoms with Gasteiger partial charge in [-0.15, -0.1) is 0 Å². The van der Waals surface area contributed by atoms with Crippen LogP contribution in [0.4, 0.5) is 10.5 Å². The Kier molecular flexibility index (Phi) is 5.77. The number of hydrogen-bond acceptors (Lipinski definition) is 4. The second-order valence-electron chi connectivity index (χ2n) is 5.63. The van der Waals surface area contributed by atoms with Crippen molar-refractivity contribution in [3.05, 3.63) is 71.2 Å². The molecule has 3 rings (SSSR count). The Morgan fingerprint density at radius 1 is 1.08 bits per heavy atom. The number of hydrogen-bond donors (Lipinski definition) is 3. The van der Waals surface area contributed by atoms with Crippen molar-refractivity contribution in [2.75, 3.05) is 11.9 Å². The molecule has 2 heterocycles. The summed E-state index contributed by atoms with van der Waals surface area (Å²) in [6.45, 7) is -0.107. The lowest BCUT2D eigenvalue weighted by Crippen LogP contribution is -2.41. The number of rotatable bonds is 6. The summed E-state index contributed by atoms with van der Waals surface area (Å²) in [5.41, 5.74) is 3.93. The Hall–Kier alpha value is -2.70. The van der Waals surface area contributed by atoms with Crippen molar-refractivity contribution in [2.24, 2.45) is 0 Å². The van der Waals surface area contributed by atoms with E-state index in [2.05, 4.69) is 15.6 Å². The third-order valence-electron chi connectivity index (χ3n) is 3.77. The van der Waals surface area contributed by atoms with Crippen LogP contribution in [-0.2, 0) is 6.42 Å². The number of aliphatic hydroxyl groups excluding tert-OH is 1. The number of amides is 2. The van der Waals surface area contributed by atoms with Crippen molar-refractivity contribution in [1.82, 2.24) is 10.3 Å². The van der Waals surface area contributed by atoms with Crippen LogP contribution in [0.5, 0.6) is 0 Å². The van der Waals surface area contributed by atoms with Gasteiger partial charge in [-0.3, -0.25) is 4.98 Å². The minimum absolute atomic E-state index is 0.107. The van der Waals surface area contributed by atoms with Crippen LogP contribution in [0.2, 0.25) is 0 Å². The number of nitrogens with zero attached hydrogens (tertiary/aromatic N) is 1. The van der Waals surface area contributed by atoms with Crippen molar-refractivity contribution < 1.29 is 9.90 Å². The summed E-state index contributed by atoms with van der Waals surface area (Å²) in [7, 11) is 0. The van der Waals surface area contributed by atoms with Crippen LogP contribution in [0, 0.1) is 0 Å². The molecule has 0 bridgehead atoms. The highest BCUT2D eigenvalue weighted by molar-refractivity contribution is 7.07. The van der Waals surface area contributed by atoms with Crippen molar-refractivity contribution in [1.29, 1.82) is 0 Å². The summed E-state index contributed by atoms with van der Waals surface area (Å²) < 4.78 is 0. The first-order valence-electron chi connectivity index (χ1n) is 7.94. The third-order valence-corrected chi connectivity index (χ3v) is 4.51. The van der Waals surface area contributed by atoms with Gasteiger partial charge in [-0.2, -0.15) is 11.3 Å². The number of anilines is 1. The number of carbonyl (C=O) groups excluding carboxylic acids is 1. The van der Waals surface area contributed by atoms with E-state index in [9.17, 15) is 9.90 Å². The molecule has 0 radical (unpaired) electrons. The zero-order valence-corrected chi connectivity index (χ0v) is 14.4. The minimum atomic E-state index is -0.328. The Morgan fingerprint density at radius 3 is 2.44 bits per heavy atom. The van der Waals surface area contributed by atoms with Gasteiger partial charge in [0, 0.05) is 18.1 Å². The van der Waals surface area contributed by atoms with Gasteiger partial charge in [0.25, 0.3) is 0 Å². The second-order valence-corrected chi connectivity index (χ2v) is 6.41. The average Bonchev–Trinajstić information content (AvgIpc) is 3.15. The van der Waals surface area contributed by atoms with Gasteiger partial charge in [0.1, 0.15) is 0 Å². The third kappa shape index (κ3) is 4.89. The fraction of sp³-hybridized carbons (Fsp3) is 0.158. The molecule has 128 valence electrons. The van der Waals surface area contributed by atoms with Gasteiger partial charge in [0.2, 0.25) is 0 Å². The molecule has 25 heavy (non-hydrogen) atoms. The number of aliphatic hydroxyl groups is 1. The highest BCUT2D eigenvalue weighted by Crippen LogP contribution is 2.20. The van der Waals surface area contributed by atoms with E-state index in [1.54, 1.807) is 23.7 Å². The van der Waals surface area contributed by atoms with E-state index in [4.69, 9.17) is 0 Å². The minimum Gasteiger partial charge on any atom is -0.394 e. The Morgan fingerprint density at radius 2 is 1.80 bits per heavy atom. The molecular weight excluding hydrogens is 334 g/mol. The maximum Gasteiger partial charge on any atom is 0.319 e. The van der Waals surface area contributed by atoms with E-state index in [0.29, 0.717) is 12.1 Å². The molecule has 6 heteroatoms. The zero-order valence-electron chi connectivity index (χ0n) is 13.6. The standard InChI is InChI=1S/C19H19N3O2S/c23-12-18(11-14-7-10-25-13-14)22-19(24)21-17-3-1-15(2-4-17)16-5-8-20-9-6-16/h1-10,13,18,23H,11-12H2,(H2,21,22,24)/t18-/m1/s1. The molecule has 2 amide bonds. The first-order chi connectivity index (χ1) is 12.2. The monoisotopic (exact) mass is 353 g/mol. The molecule has 3 N–H and O–H groups in total. The summed E-state index contributed by atoms with van der Waals surface area (Å²) in [4.78, 5) is 16.1. The number of aromatic nitrogens is 1. The Bertz CT molecular complexity index is 789. The molecule has 0 fully saturated rings. The molecule has 1 atom stereocenters. The van der Waals surface area contributed by atoms with Crippen LogP contribution in [0.15, 0.2) is 65.6 Å². The molecule has 5 nitrogen and oxygen atoms in total. The Labute approximate surface area is 150 Å². The van der Waals surface area contributed by atoms with Crippen LogP contribution < -0.4 is 10.6 Å². The lowest BCUT2D eigenvalue weighted by molar-refractivity contribution is 0.224. The molecule has 0 unspecified atom stereocenters. The fourth-order valence-corrected chi connectivity index (χ4v) is 3.18. The van der Waals surface area contributed by atoms with E-state index >= 15 is 0 Å². The topological polar surface area (TPSA) is 74.2 Å². The molecule has 0 aliphatic heterocycles. The molecule has 0 spiro atoms. The summed E-state index contributed by atoms with van der Waals surface area (Å²) in [5, 5.41) is 19.0. The van der Waals surface area contributed by atoms with Gasteiger partial charge in [0.05, 0.1) is 12.6 Å². The summed E-state index contributed by atoms with van der Waals surface area (Å²) in [6.07, 6.45) is 4.10. The molecule has 2 aromatic heterocycles. The number of nitrogens with one attached hydrogen (secondary N) is 2. The highest BCUT2D eigenvalue weighted by atomic mass is 32.1. The molecule has 0 saturated heterocycles. The average molecular weight is 353 g/mol. The summed E-state index contributed by atoms with van der Waals surface area (Å²) in [6, 6.07) is 12.8. The second kappa shape index (κ2) is 8.41. The first-order valence-corrected chi connectivity index (χ1v) is 8.89. The van der Waals surface area contributed by atoms with E-state index in [1.807, 2.05) is 53.2 Å². The van der Waals surface area contributed by atoms with Crippen molar-refractivity contribution in [3.63, 3.8) is 0 Å². The van der Waals surface area contributed by atoms with Crippen LogP contribution >= 0.6 is 11.3 Å². The largest absolute Gasteiger partial charge is 0.394 e. The maximum atomic E-state index is 12.1. The lowest BCUT2D eigenvalue weighted by Gasteiger charge is -2.16. The van der Waals surface area contributed by atoms with Crippen LogP contribution in [-0.4, -0.2) is 28.8 Å². The predicted octanol–water partition coefficient (Wildman–Crippen LogP) is 3.54. The summed E-state index contributed by atoms with van der Waals surface area (Å²) in [5.74, 6) is 0. The molecule has 0 aliphatic rings. The quantitative estimate of drug-likeness (QED) is 0.635.